The smallest absolute Gasteiger partial charge is 0.507 e. The Kier molecular flexibility index (Phi) is 6.42. The summed E-state index contributed by atoms with van der Waals surface area (Å²) in [5, 5.41) is 20.1. The number of aryl methyl sites for hydroxylation is 1. The molecule has 2 aromatic carbocycles. The molecule has 0 saturated carbocycles. The van der Waals surface area contributed by atoms with Crippen molar-refractivity contribution in [1.82, 2.24) is 9.55 Å². The number of benzene rings is 2. The van der Waals surface area contributed by atoms with Crippen molar-refractivity contribution in [3.8, 4) is 22.6 Å². The third-order valence-electron chi connectivity index (χ3n) is 5.88. The lowest BCUT2D eigenvalue weighted by atomic mass is 9.98. The number of nitrogens with zero attached hydrogens (tertiary/aromatic N) is 1. The number of phosphoric acid groups is 1. The number of para-hydroxylation sites is 2. The number of nitrogens with one attached hydrogen (secondary N) is 1. The predicted octanol–water partition coefficient (Wildman–Crippen LogP) is 2.90. The van der Waals surface area contributed by atoms with Crippen molar-refractivity contribution in [1.29, 1.82) is 0 Å². The maximum Gasteiger partial charge on any atom is 0.530 e. The molecule has 2 aliphatic rings. The topological polar surface area (TPSA) is 149 Å². The highest BCUT2D eigenvalue weighted by Gasteiger charge is 2.37. The fraction of sp³-hybridized carbons (Fsp3) is 0.250. The Bertz CT molecular complexity index is 1510. The van der Waals surface area contributed by atoms with E-state index in [1.54, 1.807) is 55.5 Å². The minimum Gasteiger partial charge on any atom is -0.507 e. The number of aliphatic hydroxyl groups is 1. The Hall–Kier alpha value is -3.47. The van der Waals surface area contributed by atoms with Crippen molar-refractivity contribution in [2.45, 2.75) is 32.5 Å². The Balaban J connectivity index is 1.31. The molecule has 0 bridgehead atoms. The monoisotopic (exact) mass is 514 g/mol. The molecule has 12 heteroatoms. The fourth-order valence-corrected chi connectivity index (χ4v) is 5.23. The number of aromatic nitrogens is 2. The van der Waals surface area contributed by atoms with Crippen LogP contribution >= 0.6 is 7.82 Å². The molecule has 1 aromatic heterocycles. The lowest BCUT2D eigenvalue weighted by Gasteiger charge is -2.27. The number of aromatic hydroxyl groups is 1. The van der Waals surface area contributed by atoms with Crippen molar-refractivity contribution in [2.24, 2.45) is 0 Å². The van der Waals surface area contributed by atoms with E-state index in [0.29, 0.717) is 27.8 Å². The lowest BCUT2D eigenvalue weighted by molar-refractivity contribution is -0.0130. The molecule has 0 spiro atoms. The Morgan fingerprint density at radius 1 is 1.17 bits per heavy atom. The van der Waals surface area contributed by atoms with Gasteiger partial charge in [-0.25, -0.2) is 9.36 Å². The molecule has 0 unspecified atom stereocenters. The van der Waals surface area contributed by atoms with Crippen LogP contribution in [0, 0.1) is 6.92 Å². The van der Waals surface area contributed by atoms with Crippen LogP contribution in [0.3, 0.4) is 0 Å². The summed E-state index contributed by atoms with van der Waals surface area (Å²) in [6.45, 7) is 0.991. The second kappa shape index (κ2) is 9.53. The van der Waals surface area contributed by atoms with E-state index in [-0.39, 0.29) is 31.3 Å². The maximum absolute atomic E-state index is 13.3. The molecule has 3 heterocycles. The number of rotatable bonds is 6. The number of aliphatic hydroxyl groups excluding tert-OH is 1. The molecule has 3 atom stereocenters. The quantitative estimate of drug-likeness (QED) is 0.333. The summed E-state index contributed by atoms with van der Waals surface area (Å²) >= 11 is 0. The highest BCUT2D eigenvalue weighted by atomic mass is 31.2. The van der Waals surface area contributed by atoms with Gasteiger partial charge in [-0.2, -0.15) is 0 Å². The van der Waals surface area contributed by atoms with E-state index in [4.69, 9.17) is 18.3 Å². The van der Waals surface area contributed by atoms with Crippen LogP contribution in [0.1, 0.15) is 22.9 Å². The number of aromatic amines is 1. The van der Waals surface area contributed by atoms with E-state index in [2.05, 4.69) is 4.98 Å². The Morgan fingerprint density at radius 3 is 2.75 bits per heavy atom. The van der Waals surface area contributed by atoms with Gasteiger partial charge in [-0.1, -0.05) is 42.5 Å². The molecule has 0 fully saturated rings. The molecular formula is C24H23N2O9P. The summed E-state index contributed by atoms with van der Waals surface area (Å²) in [5.74, 6) is 0.135. The van der Waals surface area contributed by atoms with Crippen LogP contribution in [0.5, 0.6) is 11.5 Å². The molecule has 36 heavy (non-hydrogen) atoms. The van der Waals surface area contributed by atoms with Gasteiger partial charge < -0.3 is 19.5 Å². The fourth-order valence-electron chi connectivity index (χ4n) is 3.99. The molecule has 0 radical (unpaired) electrons. The number of phosphoric ester groups is 1. The van der Waals surface area contributed by atoms with Crippen LogP contribution in [0.25, 0.3) is 11.1 Å². The second-order valence-electron chi connectivity index (χ2n) is 8.30. The van der Waals surface area contributed by atoms with Gasteiger partial charge in [-0.3, -0.25) is 23.4 Å². The highest BCUT2D eigenvalue weighted by Crippen LogP contribution is 2.57. The lowest BCUT2D eigenvalue weighted by Crippen LogP contribution is -2.33. The number of phenols is 1. The van der Waals surface area contributed by atoms with Gasteiger partial charge in [0.2, 0.25) is 0 Å². The summed E-state index contributed by atoms with van der Waals surface area (Å²) in [4.78, 5) is 25.9. The summed E-state index contributed by atoms with van der Waals surface area (Å²) < 4.78 is 37.0. The average Bonchev–Trinajstić information content (AvgIpc) is 3.34. The summed E-state index contributed by atoms with van der Waals surface area (Å²) in [5.41, 5.74) is 1.08. The minimum absolute atomic E-state index is 0.0447. The molecule has 3 N–H and O–H groups in total. The van der Waals surface area contributed by atoms with Crippen molar-refractivity contribution < 1.29 is 33.1 Å². The van der Waals surface area contributed by atoms with E-state index in [1.807, 2.05) is 0 Å². The van der Waals surface area contributed by atoms with E-state index in [9.17, 15) is 24.4 Å². The van der Waals surface area contributed by atoms with Gasteiger partial charge in [0.15, 0.2) is 6.23 Å². The number of hydrogen-bond donors (Lipinski definition) is 3. The van der Waals surface area contributed by atoms with Crippen LogP contribution in [-0.2, 0) is 31.6 Å². The summed E-state index contributed by atoms with van der Waals surface area (Å²) in [6, 6.07) is 10.1. The first-order valence-corrected chi connectivity index (χ1v) is 12.5. The van der Waals surface area contributed by atoms with Crippen molar-refractivity contribution >= 4 is 7.82 Å². The van der Waals surface area contributed by atoms with Gasteiger partial charge in [0, 0.05) is 34.0 Å². The van der Waals surface area contributed by atoms with Gasteiger partial charge in [0.25, 0.3) is 5.56 Å². The van der Waals surface area contributed by atoms with Crippen LogP contribution in [0.2, 0.25) is 0 Å². The number of ether oxygens (including phenoxy) is 1. The van der Waals surface area contributed by atoms with E-state index >= 15 is 0 Å². The van der Waals surface area contributed by atoms with E-state index in [1.165, 1.54) is 10.8 Å². The number of hydrogen-bond acceptors (Lipinski definition) is 9. The molecule has 11 nitrogen and oxygen atoms in total. The van der Waals surface area contributed by atoms with Crippen LogP contribution in [-0.4, -0.2) is 32.5 Å². The maximum atomic E-state index is 13.3. The van der Waals surface area contributed by atoms with Crippen LogP contribution in [0.4, 0.5) is 0 Å². The van der Waals surface area contributed by atoms with Gasteiger partial charge in [-0.05, 0) is 13.0 Å². The van der Waals surface area contributed by atoms with Gasteiger partial charge in [0.05, 0.1) is 19.8 Å². The van der Waals surface area contributed by atoms with Gasteiger partial charge in [0.1, 0.15) is 17.6 Å². The predicted molar refractivity (Wildman–Crippen MR) is 128 cm³/mol. The normalized spacial score (nSPS) is 22.8. The van der Waals surface area contributed by atoms with Crippen molar-refractivity contribution in [3.63, 3.8) is 0 Å². The zero-order chi connectivity index (χ0) is 25.4. The zero-order valence-corrected chi connectivity index (χ0v) is 20.0. The van der Waals surface area contributed by atoms with Crippen LogP contribution in [0.15, 0.2) is 64.3 Å². The zero-order valence-electron chi connectivity index (χ0n) is 19.1. The standard InChI is InChI=1S/C24H23N2O9P/c1-14-10-26(24(30)25-23(14)29)20-9-8-17(34-20)13-33-36(31)32-12-16-5-3-7-19(22(16)35-36)18-6-2-4-15(11-27)21(18)28/h2-10,17,20,27-28H,11-13H2,1H3,(H,25,29,30)/t17-,20+,36+/m0/s1. The number of fused-ring (bicyclic) bond motifs is 1. The van der Waals surface area contributed by atoms with Crippen molar-refractivity contribution in [2.75, 3.05) is 6.61 Å². The highest BCUT2D eigenvalue weighted by molar-refractivity contribution is 7.49. The van der Waals surface area contributed by atoms with E-state index in [0.717, 1.165) is 0 Å². The first-order valence-electron chi connectivity index (χ1n) is 11.1. The molecule has 0 amide bonds. The Morgan fingerprint density at radius 2 is 1.94 bits per heavy atom. The molecule has 188 valence electrons. The van der Waals surface area contributed by atoms with Crippen LogP contribution < -0.4 is 15.8 Å². The Labute approximate surface area is 204 Å². The third-order valence-corrected chi connectivity index (χ3v) is 7.20. The second-order valence-corrected chi connectivity index (χ2v) is 9.89. The van der Waals surface area contributed by atoms with Gasteiger partial charge >= 0.3 is 13.5 Å². The van der Waals surface area contributed by atoms with E-state index < -0.39 is 31.4 Å². The number of H-pyrrole nitrogens is 1. The molecule has 2 aliphatic heterocycles. The molecular weight excluding hydrogens is 491 g/mol. The largest absolute Gasteiger partial charge is 0.530 e. The summed E-state index contributed by atoms with van der Waals surface area (Å²) in [7, 11) is -4.06. The van der Waals surface area contributed by atoms with Gasteiger partial charge in [-0.15, -0.1) is 0 Å². The molecule has 5 rings (SSSR count). The molecule has 0 aliphatic carbocycles. The first kappa shape index (κ1) is 24.2. The first-order chi connectivity index (χ1) is 17.3. The molecule has 3 aromatic rings. The van der Waals surface area contributed by atoms with Crippen molar-refractivity contribution in [3.05, 3.63) is 92.3 Å². The SMILES string of the molecule is Cc1cn([C@H]2C=C[C@@H](CO[P@@]3(=O)OCc4cccc(-c5cccc(CO)c5O)c4O3)O2)c(=O)[nH]c1=O. The summed E-state index contributed by atoms with van der Waals surface area (Å²) in [6.07, 6.45) is 3.23. The molecule has 0 saturated heterocycles. The third kappa shape index (κ3) is 4.55. The minimum atomic E-state index is -4.06. The average molecular weight is 514 g/mol.